The molecular formula is C21H23N5O2S. The maximum absolute atomic E-state index is 13.1. The van der Waals surface area contributed by atoms with E-state index < -0.39 is 0 Å². The molecule has 0 unspecified atom stereocenters. The molecule has 0 aliphatic carbocycles. The number of amides is 1. The molecule has 150 valence electrons. The van der Waals surface area contributed by atoms with Crippen LogP contribution in [-0.2, 0) is 19.6 Å². The molecule has 0 saturated carbocycles. The van der Waals surface area contributed by atoms with Crippen LogP contribution in [0.15, 0.2) is 46.8 Å². The van der Waals surface area contributed by atoms with Crippen molar-refractivity contribution in [2.24, 2.45) is 5.92 Å². The number of piperidine rings is 1. The van der Waals surface area contributed by atoms with Gasteiger partial charge < -0.3 is 14.9 Å². The summed E-state index contributed by atoms with van der Waals surface area (Å²) < 4.78 is 1.84. The minimum absolute atomic E-state index is 0.166. The third kappa shape index (κ3) is 3.65. The van der Waals surface area contributed by atoms with Gasteiger partial charge in [0.1, 0.15) is 11.4 Å². The molecule has 3 aromatic heterocycles. The first kappa shape index (κ1) is 18.3. The van der Waals surface area contributed by atoms with Crippen molar-refractivity contribution in [3.8, 4) is 0 Å². The highest BCUT2D eigenvalue weighted by molar-refractivity contribution is 7.09. The van der Waals surface area contributed by atoms with Crippen molar-refractivity contribution in [2.75, 3.05) is 13.1 Å². The number of fused-ring (bicyclic) bond motifs is 4. The summed E-state index contributed by atoms with van der Waals surface area (Å²) in [6, 6.07) is 7.59. The van der Waals surface area contributed by atoms with E-state index in [-0.39, 0.29) is 17.0 Å². The highest BCUT2D eigenvalue weighted by atomic mass is 32.1. The van der Waals surface area contributed by atoms with Crippen molar-refractivity contribution in [2.45, 2.75) is 32.0 Å². The number of nitrogens with one attached hydrogen (secondary N) is 2. The fraction of sp³-hybridized carbons (Fsp3) is 0.381. The first-order valence-electron chi connectivity index (χ1n) is 9.92. The maximum Gasteiger partial charge on any atom is 0.263 e. The number of aromatic amines is 1. The van der Waals surface area contributed by atoms with Crippen molar-refractivity contribution in [1.82, 2.24) is 24.8 Å². The Labute approximate surface area is 172 Å². The molecule has 0 spiro atoms. The lowest BCUT2D eigenvalue weighted by molar-refractivity contribution is 0.0943. The zero-order valence-corrected chi connectivity index (χ0v) is 16.8. The zero-order valence-electron chi connectivity index (χ0n) is 16.0. The van der Waals surface area contributed by atoms with Gasteiger partial charge in [0.2, 0.25) is 0 Å². The second kappa shape index (κ2) is 7.61. The number of nitrogens with zero attached hydrogens (tertiary/aromatic N) is 3. The zero-order chi connectivity index (χ0) is 19.8. The van der Waals surface area contributed by atoms with Crippen LogP contribution < -0.4 is 10.9 Å². The molecule has 1 saturated heterocycles. The van der Waals surface area contributed by atoms with E-state index in [9.17, 15) is 9.59 Å². The normalized spacial score (nSPS) is 21.0. The number of imidazole rings is 1. The van der Waals surface area contributed by atoms with E-state index in [0.29, 0.717) is 24.9 Å². The average molecular weight is 410 g/mol. The molecule has 5 rings (SSSR count). The van der Waals surface area contributed by atoms with Crippen LogP contribution in [0.25, 0.3) is 0 Å². The number of hydrogen-bond donors (Lipinski definition) is 2. The second-order valence-corrected chi connectivity index (χ2v) is 8.91. The monoisotopic (exact) mass is 409 g/mol. The van der Waals surface area contributed by atoms with Crippen LogP contribution >= 0.6 is 11.3 Å². The largest absolute Gasteiger partial charge is 0.348 e. The van der Waals surface area contributed by atoms with E-state index >= 15 is 0 Å². The Bertz CT molecular complexity index is 1060. The molecule has 29 heavy (non-hydrogen) atoms. The maximum atomic E-state index is 13.1. The van der Waals surface area contributed by atoms with Crippen LogP contribution in [0.4, 0.5) is 0 Å². The van der Waals surface area contributed by atoms with Crippen LogP contribution in [0.1, 0.15) is 39.1 Å². The second-order valence-electron chi connectivity index (χ2n) is 7.88. The smallest absolute Gasteiger partial charge is 0.263 e. The molecule has 7 nitrogen and oxygen atoms in total. The third-order valence-corrected chi connectivity index (χ3v) is 6.73. The summed E-state index contributed by atoms with van der Waals surface area (Å²) in [5, 5.41) is 4.85. The molecule has 2 N–H and O–H groups in total. The highest BCUT2D eigenvalue weighted by Crippen LogP contribution is 2.35. The fourth-order valence-electron chi connectivity index (χ4n) is 4.62. The Morgan fingerprint density at radius 1 is 1.28 bits per heavy atom. The molecule has 1 fully saturated rings. The lowest BCUT2D eigenvalue weighted by atomic mass is 9.83. The molecule has 0 aromatic carbocycles. The highest BCUT2D eigenvalue weighted by Gasteiger charge is 2.35. The van der Waals surface area contributed by atoms with Crippen molar-refractivity contribution in [3.63, 3.8) is 0 Å². The first-order valence-corrected chi connectivity index (χ1v) is 10.8. The number of likely N-dealkylation sites (tertiary alicyclic amines) is 1. The Hall–Kier alpha value is -2.71. The van der Waals surface area contributed by atoms with Crippen molar-refractivity contribution >= 4 is 17.2 Å². The lowest BCUT2D eigenvalue weighted by Gasteiger charge is -2.42. The van der Waals surface area contributed by atoms with E-state index in [2.05, 4.69) is 20.2 Å². The number of hydrogen-bond acceptors (Lipinski definition) is 5. The summed E-state index contributed by atoms with van der Waals surface area (Å²) in [5.41, 5.74) is 1.11. The minimum atomic E-state index is -0.297. The quantitative estimate of drug-likeness (QED) is 0.677. The molecular weight excluding hydrogens is 386 g/mol. The Morgan fingerprint density at radius 2 is 2.21 bits per heavy atom. The summed E-state index contributed by atoms with van der Waals surface area (Å²) in [5.74, 6) is 1.40. The molecule has 1 amide bonds. The van der Waals surface area contributed by atoms with Crippen molar-refractivity contribution in [1.29, 1.82) is 0 Å². The topological polar surface area (TPSA) is 83.0 Å². The number of H-pyrrole nitrogens is 1. The summed E-state index contributed by atoms with van der Waals surface area (Å²) in [6.45, 7) is 3.77. The number of carbonyl (C=O) groups is 1. The number of aromatic nitrogens is 3. The number of thiophene rings is 1. The molecule has 2 atom stereocenters. The van der Waals surface area contributed by atoms with Crippen LogP contribution in [-0.4, -0.2) is 38.4 Å². The van der Waals surface area contributed by atoms with Gasteiger partial charge in [0, 0.05) is 48.5 Å². The molecule has 3 aromatic rings. The van der Waals surface area contributed by atoms with Gasteiger partial charge in [-0.3, -0.25) is 14.5 Å². The fourth-order valence-corrected chi connectivity index (χ4v) is 5.26. The van der Waals surface area contributed by atoms with Gasteiger partial charge in [0.05, 0.1) is 13.1 Å². The Kier molecular flexibility index (Phi) is 4.81. The molecule has 2 aliphatic heterocycles. The van der Waals surface area contributed by atoms with Gasteiger partial charge in [0.25, 0.3) is 11.5 Å². The number of carbonyl (C=O) groups excluding carboxylic acids is 1. The third-order valence-electron chi connectivity index (χ3n) is 5.86. The Balaban J connectivity index is 1.34. The van der Waals surface area contributed by atoms with Crippen LogP contribution in [0.3, 0.4) is 0 Å². The van der Waals surface area contributed by atoms with Gasteiger partial charge in [-0.25, -0.2) is 4.98 Å². The standard InChI is InChI=1S/C21H23N5O2S/c27-20(24-9-16-2-1-7-29-16)17-3-4-18-15-8-14(11-26(18)21(17)28)10-25(12-15)13-19-22-5-6-23-19/h1-7,14-15H,8-13H2,(H,22,23)(H,24,27)/t14-,15+/m0/s1. The Morgan fingerprint density at radius 3 is 3.00 bits per heavy atom. The summed E-state index contributed by atoms with van der Waals surface area (Å²) in [6.07, 6.45) is 4.72. The first-order chi connectivity index (χ1) is 14.2. The average Bonchev–Trinajstić information content (AvgIpc) is 3.41. The predicted molar refractivity (Wildman–Crippen MR) is 111 cm³/mol. The van der Waals surface area contributed by atoms with Gasteiger partial charge in [-0.05, 0) is 35.9 Å². The van der Waals surface area contributed by atoms with Gasteiger partial charge in [-0.15, -0.1) is 11.3 Å². The summed E-state index contributed by atoms with van der Waals surface area (Å²) in [7, 11) is 0. The van der Waals surface area contributed by atoms with Gasteiger partial charge in [0.15, 0.2) is 0 Å². The van der Waals surface area contributed by atoms with Crippen molar-refractivity contribution in [3.05, 3.63) is 74.4 Å². The summed E-state index contributed by atoms with van der Waals surface area (Å²) in [4.78, 5) is 36.6. The van der Waals surface area contributed by atoms with E-state index in [1.165, 1.54) is 0 Å². The van der Waals surface area contributed by atoms with Crippen molar-refractivity contribution < 1.29 is 4.79 Å². The van der Waals surface area contributed by atoms with Gasteiger partial charge in [-0.1, -0.05) is 6.07 Å². The number of pyridine rings is 1. The lowest BCUT2D eigenvalue weighted by Crippen LogP contribution is -2.47. The molecule has 5 heterocycles. The van der Waals surface area contributed by atoms with E-state index in [1.54, 1.807) is 23.6 Å². The number of rotatable bonds is 5. The van der Waals surface area contributed by atoms with E-state index in [4.69, 9.17) is 0 Å². The SMILES string of the molecule is O=C(NCc1cccs1)c1ccc2n(c1=O)C[C@H]1C[C@@H]2CN(Cc2ncc[nH]2)C1. The minimum Gasteiger partial charge on any atom is -0.348 e. The molecule has 2 bridgehead atoms. The van der Waals surface area contributed by atoms with Gasteiger partial charge in [-0.2, -0.15) is 0 Å². The van der Waals surface area contributed by atoms with Gasteiger partial charge >= 0.3 is 0 Å². The molecule has 0 radical (unpaired) electrons. The van der Waals surface area contributed by atoms with Crippen LogP contribution in [0, 0.1) is 5.92 Å². The molecule has 8 heteroatoms. The van der Waals surface area contributed by atoms with E-state index in [0.717, 1.165) is 42.5 Å². The van der Waals surface area contributed by atoms with Crippen LogP contribution in [0.2, 0.25) is 0 Å². The molecule has 2 aliphatic rings. The summed E-state index contributed by atoms with van der Waals surface area (Å²) >= 11 is 1.59. The van der Waals surface area contributed by atoms with E-state index in [1.807, 2.05) is 34.3 Å². The predicted octanol–water partition coefficient (Wildman–Crippen LogP) is 2.18. The van der Waals surface area contributed by atoms with Crippen LogP contribution in [0.5, 0.6) is 0 Å².